The van der Waals surface area contributed by atoms with Crippen LogP contribution >= 0.6 is 0 Å². The highest BCUT2D eigenvalue weighted by atomic mass is 16.5. The Bertz CT molecular complexity index is 760. The number of ether oxygens (including phenoxy) is 1. The van der Waals surface area contributed by atoms with Crippen molar-refractivity contribution in [1.29, 1.82) is 0 Å². The first-order valence-electron chi connectivity index (χ1n) is 7.20. The van der Waals surface area contributed by atoms with Crippen LogP contribution in [0.2, 0.25) is 0 Å². The van der Waals surface area contributed by atoms with Gasteiger partial charge in [0.2, 0.25) is 0 Å². The molecule has 0 bridgehead atoms. The second-order valence-corrected chi connectivity index (χ2v) is 5.03. The van der Waals surface area contributed by atoms with Gasteiger partial charge in [-0.05, 0) is 38.1 Å². The fourth-order valence-corrected chi connectivity index (χ4v) is 2.25. The maximum atomic E-state index is 6.21. The van der Waals surface area contributed by atoms with Crippen molar-refractivity contribution in [2.45, 2.75) is 13.8 Å². The summed E-state index contributed by atoms with van der Waals surface area (Å²) in [6, 6.07) is 15.7. The Kier molecular flexibility index (Phi) is 3.78. The Morgan fingerprint density at radius 2 is 1.73 bits per heavy atom. The minimum absolute atomic E-state index is 0.521. The summed E-state index contributed by atoms with van der Waals surface area (Å²) in [7, 11) is 0. The van der Waals surface area contributed by atoms with Crippen molar-refractivity contribution in [3.8, 4) is 22.7 Å². The number of nitrogens with zero attached hydrogens (tertiary/aromatic N) is 3. The molecule has 0 saturated carbocycles. The smallest absolute Gasteiger partial charge is 0.155 e. The van der Waals surface area contributed by atoms with Gasteiger partial charge in [-0.2, -0.15) is 4.68 Å². The van der Waals surface area contributed by atoms with Gasteiger partial charge in [0, 0.05) is 5.56 Å². The van der Waals surface area contributed by atoms with Gasteiger partial charge in [-0.3, -0.25) is 0 Å². The minimum Gasteiger partial charge on any atom is -0.494 e. The van der Waals surface area contributed by atoms with Crippen LogP contribution in [-0.2, 0) is 0 Å². The fourth-order valence-electron chi connectivity index (χ4n) is 2.25. The van der Waals surface area contributed by atoms with Gasteiger partial charge in [0.15, 0.2) is 5.82 Å². The van der Waals surface area contributed by atoms with Crippen LogP contribution in [0, 0.1) is 6.92 Å². The Hall–Kier alpha value is -2.82. The summed E-state index contributed by atoms with van der Waals surface area (Å²) >= 11 is 0. The van der Waals surface area contributed by atoms with Gasteiger partial charge in [-0.15, -0.1) is 5.10 Å². The number of benzene rings is 2. The molecule has 3 rings (SSSR count). The first-order valence-corrected chi connectivity index (χ1v) is 7.20. The van der Waals surface area contributed by atoms with Crippen molar-refractivity contribution in [3.63, 3.8) is 0 Å². The maximum Gasteiger partial charge on any atom is 0.155 e. The van der Waals surface area contributed by atoms with Crippen LogP contribution in [0.3, 0.4) is 0 Å². The summed E-state index contributed by atoms with van der Waals surface area (Å²) in [6.45, 7) is 4.64. The summed E-state index contributed by atoms with van der Waals surface area (Å²) in [6.07, 6.45) is 0. The van der Waals surface area contributed by atoms with E-state index in [9.17, 15) is 0 Å². The van der Waals surface area contributed by atoms with Gasteiger partial charge in [0.1, 0.15) is 11.4 Å². The Morgan fingerprint density at radius 1 is 1.05 bits per heavy atom. The minimum atomic E-state index is 0.521. The number of nitrogens with two attached hydrogens (primary N) is 1. The lowest BCUT2D eigenvalue weighted by atomic mass is 10.1. The quantitative estimate of drug-likeness (QED) is 0.802. The van der Waals surface area contributed by atoms with Crippen LogP contribution in [0.4, 0.5) is 5.82 Å². The van der Waals surface area contributed by atoms with Crippen molar-refractivity contribution in [1.82, 2.24) is 15.0 Å². The average molecular weight is 294 g/mol. The summed E-state index contributed by atoms with van der Waals surface area (Å²) < 4.78 is 7.07. The highest BCUT2D eigenvalue weighted by Crippen LogP contribution is 2.26. The third-order valence-electron chi connectivity index (χ3n) is 3.42. The lowest BCUT2D eigenvalue weighted by Gasteiger charge is -2.06. The van der Waals surface area contributed by atoms with Gasteiger partial charge in [-0.1, -0.05) is 35.0 Å². The molecule has 2 aromatic carbocycles. The lowest BCUT2D eigenvalue weighted by molar-refractivity contribution is 0.340. The molecule has 0 amide bonds. The SMILES string of the molecule is CCOc1ccc(-n2nnc(-c3ccc(C)cc3)c2N)cc1. The van der Waals surface area contributed by atoms with E-state index in [1.165, 1.54) is 5.56 Å². The van der Waals surface area contributed by atoms with E-state index in [0.717, 1.165) is 17.0 Å². The number of aryl methyl sites for hydroxylation is 1. The van der Waals surface area contributed by atoms with Gasteiger partial charge in [0.25, 0.3) is 0 Å². The zero-order chi connectivity index (χ0) is 15.5. The van der Waals surface area contributed by atoms with E-state index in [-0.39, 0.29) is 0 Å². The molecule has 0 radical (unpaired) electrons. The summed E-state index contributed by atoms with van der Waals surface area (Å²) in [5, 5.41) is 8.37. The second kappa shape index (κ2) is 5.89. The molecular formula is C17H18N4O. The van der Waals surface area contributed by atoms with Crippen LogP contribution in [-0.4, -0.2) is 21.6 Å². The van der Waals surface area contributed by atoms with Crippen molar-refractivity contribution < 1.29 is 4.74 Å². The fraction of sp³-hybridized carbons (Fsp3) is 0.176. The zero-order valence-corrected chi connectivity index (χ0v) is 12.7. The summed E-state index contributed by atoms with van der Waals surface area (Å²) in [5.41, 5.74) is 9.91. The lowest BCUT2D eigenvalue weighted by Crippen LogP contribution is -2.02. The molecule has 1 aromatic heterocycles. The molecule has 1 heterocycles. The van der Waals surface area contributed by atoms with Crippen LogP contribution in [0.5, 0.6) is 5.75 Å². The zero-order valence-electron chi connectivity index (χ0n) is 12.7. The molecule has 0 spiro atoms. The highest BCUT2D eigenvalue weighted by Gasteiger charge is 2.12. The standard InChI is InChI=1S/C17H18N4O/c1-3-22-15-10-8-14(9-11-15)21-17(18)16(19-20-21)13-6-4-12(2)5-7-13/h4-11H,3,18H2,1-2H3. The third kappa shape index (κ3) is 2.65. The molecule has 0 aliphatic rings. The van der Waals surface area contributed by atoms with Crippen molar-refractivity contribution in [2.75, 3.05) is 12.3 Å². The number of rotatable bonds is 4. The van der Waals surface area contributed by atoms with E-state index in [1.807, 2.05) is 62.4 Å². The monoisotopic (exact) mass is 294 g/mol. The Labute approximate surface area is 129 Å². The molecule has 0 aliphatic heterocycles. The van der Waals surface area contributed by atoms with Gasteiger partial charge >= 0.3 is 0 Å². The Balaban J connectivity index is 1.94. The number of anilines is 1. The maximum absolute atomic E-state index is 6.21. The van der Waals surface area contributed by atoms with Crippen LogP contribution in [0.1, 0.15) is 12.5 Å². The Morgan fingerprint density at radius 3 is 2.36 bits per heavy atom. The number of nitrogen functional groups attached to an aromatic ring is 1. The molecule has 5 heteroatoms. The van der Waals surface area contributed by atoms with Gasteiger partial charge < -0.3 is 10.5 Å². The number of aromatic nitrogens is 3. The van der Waals surface area contributed by atoms with Gasteiger partial charge in [-0.25, -0.2) is 0 Å². The largest absolute Gasteiger partial charge is 0.494 e. The molecule has 0 fully saturated rings. The predicted octanol–water partition coefficient (Wildman–Crippen LogP) is 3.22. The first kappa shape index (κ1) is 14.1. The van der Waals surface area contributed by atoms with Crippen LogP contribution in [0.15, 0.2) is 48.5 Å². The first-order chi connectivity index (χ1) is 10.7. The van der Waals surface area contributed by atoms with Crippen molar-refractivity contribution in [3.05, 3.63) is 54.1 Å². The topological polar surface area (TPSA) is 66.0 Å². The molecular weight excluding hydrogens is 276 g/mol. The molecule has 5 nitrogen and oxygen atoms in total. The van der Waals surface area contributed by atoms with Crippen LogP contribution < -0.4 is 10.5 Å². The summed E-state index contributed by atoms with van der Waals surface area (Å²) in [5.74, 6) is 1.34. The summed E-state index contributed by atoms with van der Waals surface area (Å²) in [4.78, 5) is 0. The molecule has 22 heavy (non-hydrogen) atoms. The second-order valence-electron chi connectivity index (χ2n) is 5.03. The van der Waals surface area contributed by atoms with Crippen LogP contribution in [0.25, 0.3) is 16.9 Å². The van der Waals surface area contributed by atoms with Gasteiger partial charge in [0.05, 0.1) is 12.3 Å². The molecule has 0 atom stereocenters. The van der Waals surface area contributed by atoms with E-state index in [0.29, 0.717) is 18.1 Å². The third-order valence-corrected chi connectivity index (χ3v) is 3.42. The number of hydrogen-bond donors (Lipinski definition) is 1. The highest BCUT2D eigenvalue weighted by molar-refractivity contribution is 5.71. The van der Waals surface area contributed by atoms with E-state index >= 15 is 0 Å². The normalized spacial score (nSPS) is 10.6. The molecule has 0 saturated heterocycles. The van der Waals surface area contributed by atoms with E-state index in [2.05, 4.69) is 10.3 Å². The van der Waals surface area contributed by atoms with Crippen molar-refractivity contribution >= 4 is 5.82 Å². The molecule has 0 aliphatic carbocycles. The number of hydrogen-bond acceptors (Lipinski definition) is 4. The average Bonchev–Trinajstić information content (AvgIpc) is 2.91. The predicted molar refractivity (Wildman–Crippen MR) is 87.1 cm³/mol. The van der Waals surface area contributed by atoms with E-state index < -0.39 is 0 Å². The van der Waals surface area contributed by atoms with E-state index in [1.54, 1.807) is 4.68 Å². The van der Waals surface area contributed by atoms with E-state index in [4.69, 9.17) is 10.5 Å². The molecule has 112 valence electrons. The molecule has 0 unspecified atom stereocenters. The molecule has 3 aromatic rings. The molecule has 2 N–H and O–H groups in total. The van der Waals surface area contributed by atoms with Crippen molar-refractivity contribution in [2.24, 2.45) is 0 Å².